The van der Waals surface area contributed by atoms with Gasteiger partial charge in [0, 0.05) is 66.2 Å². The first kappa shape index (κ1) is 62.5. The van der Waals surface area contributed by atoms with Gasteiger partial charge < -0.3 is 18.6 Å². The number of para-hydroxylation sites is 3. The molecule has 19 aromatic rings. The Labute approximate surface area is 616 Å². The first-order valence-electron chi connectivity index (χ1n) is 36.7. The average Bonchev–Trinajstić information content (AvgIpc) is 1.58. The molecule has 4 heteroatoms. The van der Waals surface area contributed by atoms with Gasteiger partial charge in [0.1, 0.15) is 22.3 Å². The van der Waals surface area contributed by atoms with Crippen molar-refractivity contribution in [3.8, 4) is 66.8 Å². The number of benzene rings is 17. The second-order valence-electron chi connectivity index (χ2n) is 29.6. The van der Waals surface area contributed by atoms with Crippen molar-refractivity contribution < 1.29 is 8.83 Å². The molecule has 2 aromatic heterocycles. The topological polar surface area (TPSA) is 32.8 Å². The monoisotopic (exact) mass is 1360 g/mol. The van der Waals surface area contributed by atoms with Crippen LogP contribution in [0.5, 0.6) is 0 Å². The summed E-state index contributed by atoms with van der Waals surface area (Å²) in [5, 5.41) is 12.1. The van der Waals surface area contributed by atoms with Gasteiger partial charge in [-0.25, -0.2) is 0 Å². The number of furan rings is 2. The second-order valence-corrected chi connectivity index (χ2v) is 29.6. The quantitative estimate of drug-likeness (QED) is 0.137. The van der Waals surface area contributed by atoms with Gasteiger partial charge in [-0.15, -0.1) is 0 Å². The minimum Gasteiger partial charge on any atom is -0.456 e. The highest BCUT2D eigenvalue weighted by Crippen LogP contribution is 2.55. The molecule has 106 heavy (non-hydrogen) atoms. The molecule has 0 spiro atoms. The molecule has 21 rings (SSSR count). The van der Waals surface area contributed by atoms with E-state index in [1.54, 1.807) is 0 Å². The van der Waals surface area contributed by atoms with Crippen LogP contribution in [-0.4, -0.2) is 0 Å². The third-order valence-corrected chi connectivity index (χ3v) is 22.7. The number of anilines is 6. The zero-order chi connectivity index (χ0) is 70.8. The molecule has 2 aliphatic rings. The van der Waals surface area contributed by atoms with Gasteiger partial charge in [0.05, 0.1) is 5.69 Å². The van der Waals surface area contributed by atoms with Gasteiger partial charge in [-0.2, -0.15) is 0 Å². The summed E-state index contributed by atoms with van der Waals surface area (Å²) < 4.78 is 12.2. The standard InChI is InChI=1S/C53H37NO.C49H35NO/c1-53(2)48-32-40(38-19-18-34-10-3-4-12-37(34)30-38)22-27-44(48)45-28-26-42(33-49(45)53)54(50-16-9-13-36-11-5-6-14-43(36)50)41-24-20-35(21-25-41)39-23-29-52-47(31-39)46-15-7-8-17-51(46)55-52;1-49(2)45-30-37(35-17-16-32-10-6-7-11-34(32)28-35)20-25-41(45)42-26-24-40(31-46(42)49)50(38-12-4-3-5-13-38)39-22-18-33(19-23-39)36-21-27-48-44(29-36)43-14-8-9-15-47(43)51-48/h3-33H,1-2H3;3-31H,1-2H3. The molecule has 0 atom stereocenters. The van der Waals surface area contributed by atoms with Crippen LogP contribution in [0.25, 0.3) is 143 Å². The van der Waals surface area contributed by atoms with E-state index in [0.717, 1.165) is 78.0 Å². The summed E-state index contributed by atoms with van der Waals surface area (Å²) in [4.78, 5) is 4.80. The lowest BCUT2D eigenvalue weighted by molar-refractivity contribution is 0.660. The van der Waals surface area contributed by atoms with E-state index in [1.807, 2.05) is 24.3 Å². The lowest BCUT2D eigenvalue weighted by atomic mass is 9.81. The molecule has 0 radical (unpaired) electrons. The van der Waals surface area contributed by atoms with Crippen LogP contribution in [0.15, 0.2) is 373 Å². The lowest BCUT2D eigenvalue weighted by Gasteiger charge is -2.29. The van der Waals surface area contributed by atoms with E-state index in [2.05, 4.69) is 377 Å². The number of fused-ring (bicyclic) bond motifs is 15. The minimum absolute atomic E-state index is 0.157. The van der Waals surface area contributed by atoms with Gasteiger partial charge in [0.2, 0.25) is 0 Å². The average molecular weight is 1360 g/mol. The van der Waals surface area contributed by atoms with Crippen molar-refractivity contribution in [3.63, 3.8) is 0 Å². The number of hydrogen-bond donors (Lipinski definition) is 0. The lowest BCUT2D eigenvalue weighted by Crippen LogP contribution is -2.16. The molecule has 0 bridgehead atoms. The molecule has 0 unspecified atom stereocenters. The second kappa shape index (κ2) is 24.7. The maximum Gasteiger partial charge on any atom is 0.135 e. The molecule has 0 saturated heterocycles. The predicted octanol–water partition coefficient (Wildman–Crippen LogP) is 28.9. The first-order chi connectivity index (χ1) is 52.0. The Morgan fingerprint density at radius 1 is 0.198 bits per heavy atom. The van der Waals surface area contributed by atoms with Gasteiger partial charge in [-0.05, 0) is 243 Å². The third-order valence-electron chi connectivity index (χ3n) is 22.7. The summed E-state index contributed by atoms with van der Waals surface area (Å²) in [7, 11) is 0. The van der Waals surface area contributed by atoms with Gasteiger partial charge in [-0.3, -0.25) is 0 Å². The summed E-state index contributed by atoms with van der Waals surface area (Å²) in [6.45, 7) is 9.49. The molecular formula is C102H72N2O2. The Morgan fingerprint density at radius 2 is 0.528 bits per heavy atom. The van der Waals surface area contributed by atoms with E-state index in [0.29, 0.717) is 0 Å². The van der Waals surface area contributed by atoms with Crippen LogP contribution < -0.4 is 9.80 Å². The highest BCUT2D eigenvalue weighted by Gasteiger charge is 2.38. The van der Waals surface area contributed by atoms with Crippen molar-refractivity contribution in [2.75, 3.05) is 9.80 Å². The Hall–Kier alpha value is -13.3. The predicted molar refractivity (Wildman–Crippen MR) is 446 cm³/mol. The molecule has 0 saturated carbocycles. The van der Waals surface area contributed by atoms with Gasteiger partial charge in [0.15, 0.2) is 0 Å². The van der Waals surface area contributed by atoms with E-state index >= 15 is 0 Å². The van der Waals surface area contributed by atoms with Crippen LogP contribution in [0.1, 0.15) is 49.9 Å². The van der Waals surface area contributed by atoms with Gasteiger partial charge in [0.25, 0.3) is 0 Å². The Kier molecular flexibility index (Phi) is 14.6. The molecule has 4 nitrogen and oxygen atoms in total. The van der Waals surface area contributed by atoms with Crippen LogP contribution >= 0.6 is 0 Å². The van der Waals surface area contributed by atoms with Gasteiger partial charge >= 0.3 is 0 Å². The summed E-state index contributed by atoms with van der Waals surface area (Å²) in [6, 6.07) is 132. The van der Waals surface area contributed by atoms with Crippen molar-refractivity contribution in [2.24, 2.45) is 0 Å². The van der Waals surface area contributed by atoms with E-state index in [-0.39, 0.29) is 10.8 Å². The zero-order valence-corrected chi connectivity index (χ0v) is 59.4. The SMILES string of the molecule is CC1(C)c2cc(-c3ccc4ccccc4c3)ccc2-c2ccc(N(c3ccc(-c4ccc5oc6ccccc6c5c4)cc3)c3cccc4ccccc34)cc21.CC1(C)c2cc(-c3ccc4ccccc4c3)ccc2-c2ccc(N(c3ccccc3)c3ccc(-c4ccc5oc6ccccc6c5c4)cc3)cc21. The van der Waals surface area contributed by atoms with Crippen LogP contribution in [-0.2, 0) is 10.8 Å². The van der Waals surface area contributed by atoms with E-state index in [4.69, 9.17) is 8.83 Å². The Morgan fingerprint density at radius 3 is 1.04 bits per heavy atom. The van der Waals surface area contributed by atoms with Crippen molar-refractivity contribution in [3.05, 3.63) is 386 Å². The number of rotatable bonds is 10. The highest BCUT2D eigenvalue weighted by atomic mass is 16.3. The molecule has 502 valence electrons. The number of hydrogen-bond acceptors (Lipinski definition) is 4. The normalized spacial score (nSPS) is 13.1. The molecule has 2 heterocycles. The fourth-order valence-corrected chi connectivity index (χ4v) is 17.1. The maximum absolute atomic E-state index is 6.13. The summed E-state index contributed by atoms with van der Waals surface area (Å²) >= 11 is 0. The van der Waals surface area contributed by atoms with Crippen molar-refractivity contribution in [2.45, 2.75) is 38.5 Å². The largest absolute Gasteiger partial charge is 0.456 e. The molecule has 0 N–H and O–H groups in total. The van der Waals surface area contributed by atoms with Crippen molar-refractivity contribution >= 4 is 110 Å². The summed E-state index contributed by atoms with van der Waals surface area (Å²) in [6.07, 6.45) is 0. The van der Waals surface area contributed by atoms with Crippen molar-refractivity contribution in [1.29, 1.82) is 0 Å². The smallest absolute Gasteiger partial charge is 0.135 e. The minimum atomic E-state index is -0.183. The third kappa shape index (κ3) is 10.5. The summed E-state index contributed by atoms with van der Waals surface area (Å²) in [5.41, 5.74) is 30.5. The molecule has 0 aliphatic heterocycles. The first-order valence-corrected chi connectivity index (χ1v) is 36.7. The molecule has 0 fully saturated rings. The van der Waals surface area contributed by atoms with Crippen molar-refractivity contribution in [1.82, 2.24) is 0 Å². The highest BCUT2D eigenvalue weighted by molar-refractivity contribution is 6.08. The van der Waals surface area contributed by atoms with E-state index in [1.165, 1.54) is 121 Å². The fraction of sp³-hybridized carbons (Fsp3) is 0.0588. The maximum atomic E-state index is 6.13. The van der Waals surface area contributed by atoms with E-state index in [9.17, 15) is 0 Å². The molecule has 0 amide bonds. The number of nitrogens with zero attached hydrogens (tertiary/aromatic N) is 2. The van der Waals surface area contributed by atoms with Crippen LogP contribution in [0.2, 0.25) is 0 Å². The molecule has 2 aliphatic carbocycles. The molecule has 17 aromatic carbocycles. The zero-order valence-electron chi connectivity index (χ0n) is 59.4. The van der Waals surface area contributed by atoms with Crippen LogP contribution in [0.4, 0.5) is 34.1 Å². The molecular weight excluding hydrogens is 1290 g/mol. The Balaban J connectivity index is 0.000000141. The fourth-order valence-electron chi connectivity index (χ4n) is 17.1. The summed E-state index contributed by atoms with van der Waals surface area (Å²) in [5.74, 6) is 0. The van der Waals surface area contributed by atoms with Crippen LogP contribution in [0, 0.1) is 0 Å². The van der Waals surface area contributed by atoms with E-state index < -0.39 is 0 Å². The van der Waals surface area contributed by atoms with Gasteiger partial charge in [-0.1, -0.05) is 264 Å². The van der Waals surface area contributed by atoms with Crippen LogP contribution in [0.3, 0.4) is 0 Å². The Bertz CT molecular complexity index is 6710.